The van der Waals surface area contributed by atoms with Gasteiger partial charge in [-0.05, 0) is 41.3 Å². The van der Waals surface area contributed by atoms with E-state index in [9.17, 15) is 21.6 Å². The van der Waals surface area contributed by atoms with Gasteiger partial charge < -0.3 is 5.32 Å². The van der Waals surface area contributed by atoms with Gasteiger partial charge in [0.05, 0.1) is 16.3 Å². The summed E-state index contributed by atoms with van der Waals surface area (Å²) in [4.78, 5) is 14.7. The van der Waals surface area contributed by atoms with Crippen molar-refractivity contribution in [2.24, 2.45) is 0 Å². The van der Waals surface area contributed by atoms with Gasteiger partial charge in [-0.1, -0.05) is 39.0 Å². The third-order valence-corrected chi connectivity index (χ3v) is 8.63. The van der Waals surface area contributed by atoms with Crippen LogP contribution in [0.25, 0.3) is 0 Å². The first-order valence-electron chi connectivity index (χ1n) is 10.7. The number of hydrogen-bond acceptors (Lipinski definition) is 6. The Balaban J connectivity index is 1.57. The van der Waals surface area contributed by atoms with E-state index < -0.39 is 19.9 Å². The Morgan fingerprint density at radius 2 is 1.52 bits per heavy atom. The first-order valence-corrected chi connectivity index (χ1v) is 14.0. The Labute approximate surface area is 196 Å². The van der Waals surface area contributed by atoms with Gasteiger partial charge in [-0.2, -0.15) is 4.31 Å². The molecular formula is C23H31N3O5S2. The van der Waals surface area contributed by atoms with Crippen LogP contribution < -0.4 is 5.32 Å². The molecule has 0 aromatic heterocycles. The summed E-state index contributed by atoms with van der Waals surface area (Å²) in [5.41, 5.74) is 1.42. The molecule has 2 aromatic rings. The molecule has 10 heteroatoms. The van der Waals surface area contributed by atoms with Crippen molar-refractivity contribution in [2.75, 3.05) is 44.3 Å². The summed E-state index contributed by atoms with van der Waals surface area (Å²) in [5, 5.41) is 2.71. The second-order valence-corrected chi connectivity index (χ2v) is 13.3. The van der Waals surface area contributed by atoms with Crippen LogP contribution in [0.4, 0.5) is 5.69 Å². The third-order valence-electron chi connectivity index (χ3n) is 5.60. The van der Waals surface area contributed by atoms with Gasteiger partial charge in [0.15, 0.2) is 9.84 Å². The number of sulfone groups is 1. The highest BCUT2D eigenvalue weighted by Gasteiger charge is 2.29. The summed E-state index contributed by atoms with van der Waals surface area (Å²) in [7, 11) is -6.96. The largest absolute Gasteiger partial charge is 0.325 e. The summed E-state index contributed by atoms with van der Waals surface area (Å²) in [6, 6.07) is 13.1. The minimum Gasteiger partial charge on any atom is -0.325 e. The number of hydrogen-bond donors (Lipinski definition) is 1. The van der Waals surface area contributed by atoms with Gasteiger partial charge >= 0.3 is 0 Å². The fraction of sp³-hybridized carbons (Fsp3) is 0.435. The van der Waals surface area contributed by atoms with Gasteiger partial charge in [-0.25, -0.2) is 16.8 Å². The molecule has 0 bridgehead atoms. The molecule has 1 fully saturated rings. The Kier molecular flexibility index (Phi) is 7.33. The highest BCUT2D eigenvalue weighted by molar-refractivity contribution is 7.90. The average molecular weight is 494 g/mol. The minimum absolute atomic E-state index is 0.0550. The number of sulfonamides is 1. The van der Waals surface area contributed by atoms with Crippen LogP contribution in [0.1, 0.15) is 26.3 Å². The highest BCUT2D eigenvalue weighted by Crippen LogP contribution is 2.25. The topological polar surface area (TPSA) is 104 Å². The van der Waals surface area contributed by atoms with E-state index in [0.29, 0.717) is 31.9 Å². The zero-order valence-corrected chi connectivity index (χ0v) is 21.0. The molecule has 3 rings (SSSR count). The van der Waals surface area contributed by atoms with Crippen molar-refractivity contribution in [1.29, 1.82) is 0 Å². The first kappa shape index (κ1) is 25.4. The first-order chi connectivity index (χ1) is 15.3. The van der Waals surface area contributed by atoms with E-state index in [1.54, 1.807) is 24.3 Å². The normalized spacial score (nSPS) is 16.5. The summed E-state index contributed by atoms with van der Waals surface area (Å²) in [6.07, 6.45) is 1.11. The van der Waals surface area contributed by atoms with Crippen LogP contribution >= 0.6 is 0 Å². The van der Waals surface area contributed by atoms with E-state index in [0.717, 1.165) is 11.8 Å². The van der Waals surface area contributed by atoms with E-state index >= 15 is 0 Å². The average Bonchev–Trinajstić information content (AvgIpc) is 2.73. The van der Waals surface area contributed by atoms with E-state index in [2.05, 4.69) is 26.1 Å². The number of anilines is 1. The Morgan fingerprint density at radius 1 is 0.909 bits per heavy atom. The van der Waals surface area contributed by atoms with Gasteiger partial charge in [-0.3, -0.25) is 9.69 Å². The molecule has 1 aliphatic heterocycles. The van der Waals surface area contributed by atoms with Gasteiger partial charge in [0.2, 0.25) is 15.9 Å². The standard InChI is InChI=1S/C23H31N3O5S2/c1-23(2,3)18-8-10-20(11-9-18)33(30,31)26-14-12-25(13-15-26)17-22(27)24-19-6-5-7-21(16-19)32(4,28)29/h5-11,16H,12-15,17H2,1-4H3,(H,24,27). The minimum atomic E-state index is -3.59. The monoisotopic (exact) mass is 493 g/mol. The molecule has 1 amide bonds. The van der Waals surface area contributed by atoms with Gasteiger partial charge in [0.25, 0.3) is 0 Å². The van der Waals surface area contributed by atoms with Crippen molar-refractivity contribution < 1.29 is 21.6 Å². The van der Waals surface area contributed by atoms with E-state index in [1.165, 1.54) is 16.4 Å². The maximum atomic E-state index is 13.0. The molecule has 2 aromatic carbocycles. The fourth-order valence-electron chi connectivity index (χ4n) is 3.61. The van der Waals surface area contributed by atoms with Crippen LogP contribution in [-0.2, 0) is 30.1 Å². The molecule has 0 saturated carbocycles. The molecule has 8 nitrogen and oxygen atoms in total. The Morgan fingerprint density at radius 3 is 2.06 bits per heavy atom. The molecule has 180 valence electrons. The zero-order chi connectivity index (χ0) is 24.4. The van der Waals surface area contributed by atoms with E-state index in [1.807, 2.05) is 17.0 Å². The highest BCUT2D eigenvalue weighted by atomic mass is 32.2. The lowest BCUT2D eigenvalue weighted by Gasteiger charge is -2.33. The Hall–Kier alpha value is -2.27. The SMILES string of the molecule is CC(C)(C)c1ccc(S(=O)(=O)N2CCN(CC(=O)Nc3cccc(S(C)(=O)=O)c3)CC2)cc1. The third kappa shape index (κ3) is 6.41. The second-order valence-electron chi connectivity index (χ2n) is 9.30. The number of nitrogens with zero attached hydrogens (tertiary/aromatic N) is 2. The lowest BCUT2D eigenvalue weighted by Crippen LogP contribution is -2.50. The van der Waals surface area contributed by atoms with E-state index in [-0.39, 0.29) is 27.7 Å². The molecule has 0 atom stereocenters. The summed E-state index contributed by atoms with van der Waals surface area (Å²) in [5.74, 6) is -0.283. The lowest BCUT2D eigenvalue weighted by atomic mass is 9.87. The fourth-order valence-corrected chi connectivity index (χ4v) is 5.70. The van der Waals surface area contributed by atoms with Gasteiger partial charge in [0.1, 0.15) is 0 Å². The predicted molar refractivity (Wildman–Crippen MR) is 129 cm³/mol. The molecule has 0 spiro atoms. The molecule has 0 radical (unpaired) electrons. The van der Waals surface area contributed by atoms with Crippen molar-refractivity contribution in [3.05, 3.63) is 54.1 Å². The second kappa shape index (κ2) is 9.54. The number of rotatable bonds is 6. The van der Waals surface area contributed by atoms with Crippen LogP contribution in [0.2, 0.25) is 0 Å². The van der Waals surface area contributed by atoms with Crippen LogP contribution in [0.5, 0.6) is 0 Å². The number of nitrogens with one attached hydrogen (secondary N) is 1. The van der Waals surface area contributed by atoms with Crippen LogP contribution in [0.3, 0.4) is 0 Å². The summed E-state index contributed by atoms with van der Waals surface area (Å²) in [6.45, 7) is 7.76. The molecule has 0 aliphatic carbocycles. The van der Waals surface area contributed by atoms with Crippen LogP contribution in [0.15, 0.2) is 58.3 Å². The molecule has 0 unspecified atom stereocenters. The number of benzene rings is 2. The van der Waals surface area contributed by atoms with Gasteiger partial charge in [0, 0.05) is 38.1 Å². The quantitative estimate of drug-likeness (QED) is 0.662. The summed E-state index contributed by atoms with van der Waals surface area (Å²) < 4.78 is 50.8. The molecule has 1 aliphatic rings. The van der Waals surface area contributed by atoms with Crippen molar-refractivity contribution in [2.45, 2.75) is 36.0 Å². The number of piperazine rings is 1. The maximum absolute atomic E-state index is 13.0. The smallest absolute Gasteiger partial charge is 0.243 e. The number of carbonyl (C=O) groups is 1. The number of amides is 1. The van der Waals surface area contributed by atoms with Crippen molar-refractivity contribution in [3.63, 3.8) is 0 Å². The maximum Gasteiger partial charge on any atom is 0.243 e. The van der Waals surface area contributed by atoms with E-state index in [4.69, 9.17) is 0 Å². The van der Waals surface area contributed by atoms with Crippen LogP contribution in [-0.4, -0.2) is 70.9 Å². The molecule has 33 heavy (non-hydrogen) atoms. The predicted octanol–water partition coefficient (Wildman–Crippen LogP) is 2.33. The lowest BCUT2D eigenvalue weighted by molar-refractivity contribution is -0.117. The van der Waals surface area contributed by atoms with Crippen molar-refractivity contribution in [1.82, 2.24) is 9.21 Å². The zero-order valence-electron chi connectivity index (χ0n) is 19.4. The molecule has 1 saturated heterocycles. The Bertz CT molecular complexity index is 1210. The number of carbonyl (C=O) groups excluding carboxylic acids is 1. The molecular weight excluding hydrogens is 462 g/mol. The van der Waals surface area contributed by atoms with Crippen LogP contribution in [0, 0.1) is 0 Å². The van der Waals surface area contributed by atoms with Crippen molar-refractivity contribution in [3.8, 4) is 0 Å². The van der Waals surface area contributed by atoms with Crippen molar-refractivity contribution >= 4 is 31.5 Å². The van der Waals surface area contributed by atoms with Gasteiger partial charge in [-0.15, -0.1) is 0 Å². The molecule has 1 N–H and O–H groups in total. The molecule has 1 heterocycles. The summed E-state index contributed by atoms with van der Waals surface area (Å²) >= 11 is 0.